The van der Waals surface area contributed by atoms with Crippen LogP contribution in [0.4, 0.5) is 0 Å². The molecule has 0 saturated heterocycles. The van der Waals surface area contributed by atoms with Gasteiger partial charge in [0, 0.05) is 19.5 Å². The second-order valence-corrected chi connectivity index (χ2v) is 3.50. The minimum absolute atomic E-state index is 0.0434. The van der Waals surface area contributed by atoms with Crippen LogP contribution in [0.1, 0.15) is 27.2 Å². The van der Waals surface area contributed by atoms with Crippen LogP contribution in [0.15, 0.2) is 4.99 Å². The minimum atomic E-state index is -0.355. The summed E-state index contributed by atoms with van der Waals surface area (Å²) in [6.45, 7) is 6.18. The highest BCUT2D eigenvalue weighted by atomic mass is 16.5. The molecule has 1 unspecified atom stereocenters. The molecule has 0 spiro atoms. The predicted octanol–water partition coefficient (Wildman–Crippen LogP) is 0.994. The Hall–Kier alpha value is -0.900. The van der Waals surface area contributed by atoms with Crippen molar-refractivity contribution in [3.8, 4) is 0 Å². The summed E-state index contributed by atoms with van der Waals surface area (Å²) >= 11 is 0. The fourth-order valence-corrected chi connectivity index (χ4v) is 0.939. The van der Waals surface area contributed by atoms with E-state index in [0.717, 1.165) is 0 Å². The molecule has 0 amide bonds. The molecule has 0 aromatic heterocycles. The van der Waals surface area contributed by atoms with Crippen molar-refractivity contribution in [2.24, 2.45) is 16.6 Å². The van der Waals surface area contributed by atoms with Crippen LogP contribution in [-0.2, 0) is 9.53 Å². The maximum Gasteiger partial charge on any atom is 0.352 e. The highest BCUT2D eigenvalue weighted by molar-refractivity contribution is 6.36. The fourth-order valence-electron chi connectivity index (χ4n) is 0.939. The number of carbonyl (C=O) groups is 1. The van der Waals surface area contributed by atoms with E-state index in [1.807, 2.05) is 13.8 Å². The van der Waals surface area contributed by atoms with Crippen LogP contribution < -0.4 is 5.73 Å². The van der Waals surface area contributed by atoms with E-state index in [1.54, 1.807) is 14.0 Å². The summed E-state index contributed by atoms with van der Waals surface area (Å²) in [5, 5.41) is 0. The molecule has 14 heavy (non-hydrogen) atoms. The molecule has 0 aliphatic rings. The third-order valence-electron chi connectivity index (χ3n) is 2.07. The smallest absolute Gasteiger partial charge is 0.352 e. The van der Waals surface area contributed by atoms with Gasteiger partial charge in [-0.05, 0) is 12.8 Å². The van der Waals surface area contributed by atoms with E-state index in [1.165, 1.54) is 0 Å². The van der Waals surface area contributed by atoms with Crippen molar-refractivity contribution < 1.29 is 9.53 Å². The molecule has 0 heterocycles. The molecule has 4 heteroatoms. The van der Waals surface area contributed by atoms with Crippen LogP contribution in [0.2, 0.25) is 0 Å². The lowest BCUT2D eigenvalue weighted by Gasteiger charge is -2.15. The first-order valence-electron chi connectivity index (χ1n) is 4.91. The lowest BCUT2D eigenvalue weighted by Crippen LogP contribution is -2.32. The van der Waals surface area contributed by atoms with E-state index >= 15 is 0 Å². The van der Waals surface area contributed by atoms with Crippen LogP contribution in [-0.4, -0.2) is 31.4 Å². The number of hydrogen-bond acceptors (Lipinski definition) is 4. The molecule has 0 aromatic carbocycles. The maximum atomic E-state index is 11.3. The van der Waals surface area contributed by atoms with Gasteiger partial charge in [0.05, 0.1) is 6.61 Å². The number of aliphatic imine (C=N–C) groups is 1. The molecule has 0 saturated carbocycles. The number of rotatable bonds is 5. The summed E-state index contributed by atoms with van der Waals surface area (Å²) in [5.74, 6) is -0.0210. The van der Waals surface area contributed by atoms with Crippen LogP contribution in [0, 0.1) is 5.92 Å². The molecule has 2 N–H and O–H groups in total. The normalized spacial score (nSPS) is 14.3. The zero-order valence-corrected chi connectivity index (χ0v) is 9.41. The standard InChI is InChI=1S/C10H20N2O2/c1-5-14-10(13)9(12-4)6-8(11)7(2)3/h7-8H,5-6,11H2,1-4H3. The molecular formula is C10H20N2O2. The molecule has 1 atom stereocenters. The molecular weight excluding hydrogens is 180 g/mol. The van der Waals surface area contributed by atoms with Gasteiger partial charge in [-0.25, -0.2) is 4.79 Å². The van der Waals surface area contributed by atoms with Crippen LogP contribution in [0.3, 0.4) is 0 Å². The number of nitrogens with zero attached hydrogens (tertiary/aromatic N) is 1. The lowest BCUT2D eigenvalue weighted by molar-refractivity contribution is -0.135. The Bertz CT molecular complexity index is 212. The first-order chi connectivity index (χ1) is 6.52. The van der Waals surface area contributed by atoms with Crippen molar-refractivity contribution in [3.63, 3.8) is 0 Å². The van der Waals surface area contributed by atoms with Gasteiger partial charge in [0.1, 0.15) is 5.71 Å². The lowest BCUT2D eigenvalue weighted by atomic mass is 9.99. The average molecular weight is 200 g/mol. The van der Waals surface area contributed by atoms with Crippen LogP contribution in [0.5, 0.6) is 0 Å². The highest BCUT2D eigenvalue weighted by Crippen LogP contribution is 2.05. The Balaban J connectivity index is 4.24. The van der Waals surface area contributed by atoms with Crippen LogP contribution in [0.25, 0.3) is 0 Å². The number of esters is 1. The van der Waals surface area contributed by atoms with Gasteiger partial charge < -0.3 is 10.5 Å². The summed E-state index contributed by atoms with van der Waals surface area (Å²) < 4.78 is 4.85. The third kappa shape index (κ3) is 4.37. The second kappa shape index (κ2) is 6.54. The monoisotopic (exact) mass is 200 g/mol. The van der Waals surface area contributed by atoms with Crippen LogP contribution >= 0.6 is 0 Å². The third-order valence-corrected chi connectivity index (χ3v) is 2.07. The molecule has 0 fully saturated rings. The van der Waals surface area contributed by atoms with Crippen molar-refractivity contribution in [3.05, 3.63) is 0 Å². The Kier molecular flexibility index (Phi) is 6.12. The molecule has 82 valence electrons. The zero-order valence-electron chi connectivity index (χ0n) is 9.41. The predicted molar refractivity (Wildman–Crippen MR) is 57.4 cm³/mol. The van der Waals surface area contributed by atoms with Gasteiger partial charge >= 0.3 is 5.97 Å². The van der Waals surface area contributed by atoms with E-state index in [9.17, 15) is 4.79 Å². The number of hydrogen-bond donors (Lipinski definition) is 1. The Morgan fingerprint density at radius 3 is 2.43 bits per heavy atom. The van der Waals surface area contributed by atoms with Crippen molar-refractivity contribution in [2.45, 2.75) is 33.2 Å². The minimum Gasteiger partial charge on any atom is -0.462 e. The van der Waals surface area contributed by atoms with Gasteiger partial charge in [-0.15, -0.1) is 0 Å². The Morgan fingerprint density at radius 1 is 1.50 bits per heavy atom. The van der Waals surface area contributed by atoms with Gasteiger partial charge in [-0.1, -0.05) is 13.8 Å². The maximum absolute atomic E-state index is 11.3. The SMILES string of the molecule is CCOC(=O)C(CC(N)C(C)C)=NC. The molecule has 0 aliphatic heterocycles. The molecule has 0 aliphatic carbocycles. The van der Waals surface area contributed by atoms with Gasteiger partial charge in [-0.3, -0.25) is 4.99 Å². The molecule has 0 radical (unpaired) electrons. The fraction of sp³-hybridized carbons (Fsp3) is 0.800. The van der Waals surface area contributed by atoms with Gasteiger partial charge in [-0.2, -0.15) is 0 Å². The van der Waals surface area contributed by atoms with Crippen molar-refractivity contribution in [1.82, 2.24) is 0 Å². The van der Waals surface area contributed by atoms with E-state index < -0.39 is 0 Å². The Morgan fingerprint density at radius 2 is 2.07 bits per heavy atom. The summed E-state index contributed by atoms with van der Waals surface area (Å²) in [5.41, 5.74) is 6.26. The summed E-state index contributed by atoms with van der Waals surface area (Å²) in [4.78, 5) is 15.2. The number of ether oxygens (including phenoxy) is 1. The number of carbonyl (C=O) groups excluding carboxylic acids is 1. The summed E-state index contributed by atoms with van der Waals surface area (Å²) in [6, 6.07) is -0.0434. The second-order valence-electron chi connectivity index (χ2n) is 3.50. The van der Waals surface area contributed by atoms with Gasteiger partial charge in [0.2, 0.25) is 0 Å². The highest BCUT2D eigenvalue weighted by Gasteiger charge is 2.17. The summed E-state index contributed by atoms with van der Waals surface area (Å²) in [6.07, 6.45) is 0.479. The largest absolute Gasteiger partial charge is 0.462 e. The molecule has 0 aromatic rings. The Labute approximate surface area is 85.5 Å². The van der Waals surface area contributed by atoms with Gasteiger partial charge in [0.25, 0.3) is 0 Å². The topological polar surface area (TPSA) is 64.7 Å². The van der Waals surface area contributed by atoms with E-state index in [0.29, 0.717) is 24.7 Å². The van der Waals surface area contributed by atoms with Crippen molar-refractivity contribution in [1.29, 1.82) is 0 Å². The van der Waals surface area contributed by atoms with E-state index in [-0.39, 0.29) is 12.0 Å². The zero-order chi connectivity index (χ0) is 11.1. The van der Waals surface area contributed by atoms with E-state index in [4.69, 9.17) is 10.5 Å². The van der Waals surface area contributed by atoms with E-state index in [2.05, 4.69) is 4.99 Å². The quantitative estimate of drug-likeness (QED) is 0.531. The van der Waals surface area contributed by atoms with Gasteiger partial charge in [0.15, 0.2) is 0 Å². The van der Waals surface area contributed by atoms with Crippen molar-refractivity contribution in [2.75, 3.05) is 13.7 Å². The molecule has 4 nitrogen and oxygen atoms in total. The molecule has 0 bridgehead atoms. The average Bonchev–Trinajstić information content (AvgIpc) is 2.13. The first kappa shape index (κ1) is 13.1. The van der Waals surface area contributed by atoms with Crippen molar-refractivity contribution >= 4 is 11.7 Å². The first-order valence-corrected chi connectivity index (χ1v) is 4.91. The molecule has 0 rings (SSSR count). The summed E-state index contributed by atoms with van der Waals surface area (Å²) in [7, 11) is 1.58. The number of nitrogens with two attached hydrogens (primary N) is 1.